The second-order valence-electron chi connectivity index (χ2n) is 8.27. The normalized spacial score (nSPS) is 20.0. The van der Waals surface area contributed by atoms with Gasteiger partial charge in [0.1, 0.15) is 0 Å². The van der Waals surface area contributed by atoms with Crippen LogP contribution in [0.1, 0.15) is 54.4 Å². The Labute approximate surface area is 166 Å². The SMILES string of the molecule is Cc1ccc2nccc(C(=O)N3CCCC(CCC(=O)N4CCCC4)C3)c2c1. The number of hydrogen-bond donors (Lipinski definition) is 0. The minimum atomic E-state index is 0.0913. The van der Waals surface area contributed by atoms with Crippen LogP contribution in [0.2, 0.25) is 0 Å². The smallest absolute Gasteiger partial charge is 0.254 e. The molecule has 2 fully saturated rings. The van der Waals surface area contributed by atoms with Gasteiger partial charge in [-0.3, -0.25) is 14.6 Å². The third-order valence-corrected chi connectivity index (χ3v) is 6.16. The lowest BCUT2D eigenvalue weighted by Crippen LogP contribution is -2.40. The standard InChI is InChI=1S/C23H29N3O2/c1-17-6-8-21-20(15-17)19(10-11-24-21)23(28)26-14-4-5-18(16-26)7-9-22(27)25-12-2-3-13-25/h6,8,10-11,15,18H,2-5,7,9,12-14,16H2,1H3. The maximum Gasteiger partial charge on any atom is 0.254 e. The molecular weight excluding hydrogens is 350 g/mol. The summed E-state index contributed by atoms with van der Waals surface area (Å²) in [6.45, 7) is 5.42. The van der Waals surface area contributed by atoms with Crippen molar-refractivity contribution in [3.05, 3.63) is 41.6 Å². The first kappa shape index (κ1) is 18.9. The van der Waals surface area contributed by atoms with Crippen LogP contribution in [0.25, 0.3) is 10.9 Å². The summed E-state index contributed by atoms with van der Waals surface area (Å²) in [4.78, 5) is 34.0. The number of fused-ring (bicyclic) bond motifs is 1. The van der Waals surface area contributed by atoms with Gasteiger partial charge in [-0.25, -0.2) is 0 Å². The maximum atomic E-state index is 13.2. The van der Waals surface area contributed by atoms with E-state index in [4.69, 9.17) is 0 Å². The molecular formula is C23H29N3O2. The van der Waals surface area contributed by atoms with E-state index in [1.165, 1.54) is 0 Å². The van der Waals surface area contributed by atoms with Crippen LogP contribution < -0.4 is 0 Å². The van der Waals surface area contributed by atoms with Crippen LogP contribution in [0, 0.1) is 12.8 Å². The van der Waals surface area contributed by atoms with E-state index < -0.39 is 0 Å². The molecule has 0 N–H and O–H groups in total. The van der Waals surface area contributed by atoms with Crippen molar-refractivity contribution in [2.45, 2.75) is 45.4 Å². The highest BCUT2D eigenvalue weighted by atomic mass is 16.2. The number of pyridine rings is 1. The molecule has 0 aliphatic carbocycles. The van der Waals surface area contributed by atoms with Gasteiger partial charge < -0.3 is 9.80 Å². The Morgan fingerprint density at radius 2 is 1.86 bits per heavy atom. The summed E-state index contributed by atoms with van der Waals surface area (Å²) < 4.78 is 0. The van der Waals surface area contributed by atoms with Gasteiger partial charge in [-0.2, -0.15) is 0 Å². The zero-order valence-electron chi connectivity index (χ0n) is 16.7. The number of aryl methyl sites for hydroxylation is 1. The molecule has 2 aliphatic heterocycles. The molecule has 1 atom stereocenters. The lowest BCUT2D eigenvalue weighted by Gasteiger charge is -2.33. The Balaban J connectivity index is 1.42. The van der Waals surface area contributed by atoms with Crippen molar-refractivity contribution >= 4 is 22.7 Å². The quantitative estimate of drug-likeness (QED) is 0.812. The highest BCUT2D eigenvalue weighted by Crippen LogP contribution is 2.26. The number of nitrogens with zero attached hydrogens (tertiary/aromatic N) is 3. The molecule has 2 amide bonds. The summed E-state index contributed by atoms with van der Waals surface area (Å²) in [7, 11) is 0. The van der Waals surface area contributed by atoms with Gasteiger partial charge >= 0.3 is 0 Å². The van der Waals surface area contributed by atoms with Crippen molar-refractivity contribution in [1.29, 1.82) is 0 Å². The molecule has 0 spiro atoms. The number of amides is 2. The fourth-order valence-corrected chi connectivity index (χ4v) is 4.55. The average molecular weight is 380 g/mol. The molecule has 0 bridgehead atoms. The Kier molecular flexibility index (Phi) is 5.60. The van der Waals surface area contributed by atoms with Gasteiger partial charge in [-0.1, -0.05) is 11.6 Å². The number of piperidine rings is 1. The molecule has 148 valence electrons. The van der Waals surface area contributed by atoms with Crippen molar-refractivity contribution in [2.75, 3.05) is 26.2 Å². The van der Waals surface area contributed by atoms with E-state index in [0.29, 0.717) is 12.3 Å². The van der Waals surface area contributed by atoms with E-state index in [9.17, 15) is 9.59 Å². The van der Waals surface area contributed by atoms with Crippen LogP contribution in [0.5, 0.6) is 0 Å². The molecule has 2 aromatic rings. The minimum absolute atomic E-state index is 0.0913. The summed E-state index contributed by atoms with van der Waals surface area (Å²) in [5.41, 5.74) is 2.73. The molecule has 3 heterocycles. The zero-order chi connectivity index (χ0) is 19.5. The van der Waals surface area contributed by atoms with E-state index in [1.807, 2.05) is 41.0 Å². The highest BCUT2D eigenvalue weighted by molar-refractivity contribution is 6.06. The minimum Gasteiger partial charge on any atom is -0.343 e. The summed E-state index contributed by atoms with van der Waals surface area (Å²) in [6.07, 6.45) is 7.61. The number of likely N-dealkylation sites (tertiary alicyclic amines) is 2. The summed E-state index contributed by atoms with van der Waals surface area (Å²) in [5.74, 6) is 0.796. The molecule has 2 saturated heterocycles. The fourth-order valence-electron chi connectivity index (χ4n) is 4.55. The Bertz CT molecular complexity index is 873. The van der Waals surface area contributed by atoms with Gasteiger partial charge in [0.15, 0.2) is 0 Å². The second kappa shape index (κ2) is 8.29. The first-order valence-corrected chi connectivity index (χ1v) is 10.5. The topological polar surface area (TPSA) is 53.5 Å². The van der Waals surface area contributed by atoms with Gasteiger partial charge in [0.25, 0.3) is 5.91 Å². The van der Waals surface area contributed by atoms with Crippen molar-refractivity contribution in [3.8, 4) is 0 Å². The third kappa shape index (κ3) is 4.03. The fraction of sp³-hybridized carbons (Fsp3) is 0.522. The highest BCUT2D eigenvalue weighted by Gasteiger charge is 2.27. The average Bonchev–Trinajstić information content (AvgIpc) is 3.26. The van der Waals surface area contributed by atoms with Crippen molar-refractivity contribution in [2.24, 2.45) is 5.92 Å². The van der Waals surface area contributed by atoms with Crippen LogP contribution in [0.3, 0.4) is 0 Å². The van der Waals surface area contributed by atoms with Crippen LogP contribution in [0.15, 0.2) is 30.5 Å². The van der Waals surface area contributed by atoms with Crippen LogP contribution in [-0.4, -0.2) is 52.8 Å². The van der Waals surface area contributed by atoms with Gasteiger partial charge in [-0.15, -0.1) is 0 Å². The van der Waals surface area contributed by atoms with Crippen molar-refractivity contribution < 1.29 is 9.59 Å². The number of rotatable bonds is 4. The molecule has 2 aliphatic rings. The van der Waals surface area contributed by atoms with E-state index in [-0.39, 0.29) is 11.8 Å². The summed E-state index contributed by atoms with van der Waals surface area (Å²) >= 11 is 0. The van der Waals surface area contributed by atoms with Gasteiger partial charge in [-0.05, 0) is 63.1 Å². The van der Waals surface area contributed by atoms with Crippen LogP contribution in [0.4, 0.5) is 0 Å². The van der Waals surface area contributed by atoms with Gasteiger partial charge in [0.05, 0.1) is 11.1 Å². The number of benzene rings is 1. The molecule has 0 saturated carbocycles. The van der Waals surface area contributed by atoms with Crippen molar-refractivity contribution in [3.63, 3.8) is 0 Å². The molecule has 1 aromatic heterocycles. The molecule has 5 nitrogen and oxygen atoms in total. The molecule has 1 unspecified atom stereocenters. The van der Waals surface area contributed by atoms with Crippen LogP contribution in [-0.2, 0) is 4.79 Å². The molecule has 4 rings (SSSR count). The largest absolute Gasteiger partial charge is 0.343 e. The number of carbonyl (C=O) groups is 2. The zero-order valence-corrected chi connectivity index (χ0v) is 16.7. The third-order valence-electron chi connectivity index (χ3n) is 6.16. The van der Waals surface area contributed by atoms with Crippen LogP contribution >= 0.6 is 0 Å². The predicted molar refractivity (Wildman–Crippen MR) is 110 cm³/mol. The molecule has 0 radical (unpaired) electrons. The van der Waals surface area contributed by atoms with Gasteiger partial charge in [0.2, 0.25) is 5.91 Å². The van der Waals surface area contributed by atoms with E-state index >= 15 is 0 Å². The maximum absolute atomic E-state index is 13.2. The lowest BCUT2D eigenvalue weighted by molar-refractivity contribution is -0.130. The monoisotopic (exact) mass is 379 g/mol. The molecule has 28 heavy (non-hydrogen) atoms. The summed E-state index contributed by atoms with van der Waals surface area (Å²) in [6, 6.07) is 7.89. The number of carbonyl (C=O) groups excluding carboxylic acids is 2. The lowest BCUT2D eigenvalue weighted by atomic mass is 9.92. The van der Waals surface area contributed by atoms with Gasteiger partial charge in [0, 0.05) is 44.2 Å². The van der Waals surface area contributed by atoms with E-state index in [0.717, 1.165) is 80.3 Å². The second-order valence-corrected chi connectivity index (χ2v) is 8.27. The Morgan fingerprint density at radius 3 is 2.68 bits per heavy atom. The Morgan fingerprint density at radius 1 is 1.07 bits per heavy atom. The summed E-state index contributed by atoms with van der Waals surface area (Å²) in [5, 5.41) is 0.929. The Hall–Kier alpha value is -2.43. The first-order valence-electron chi connectivity index (χ1n) is 10.5. The molecule has 1 aromatic carbocycles. The van der Waals surface area contributed by atoms with E-state index in [2.05, 4.69) is 4.98 Å². The number of hydrogen-bond acceptors (Lipinski definition) is 3. The predicted octanol–water partition coefficient (Wildman–Crippen LogP) is 3.80. The molecule has 5 heteroatoms. The first-order chi connectivity index (χ1) is 13.6. The number of aromatic nitrogens is 1. The van der Waals surface area contributed by atoms with Crippen molar-refractivity contribution in [1.82, 2.24) is 14.8 Å². The van der Waals surface area contributed by atoms with E-state index in [1.54, 1.807) is 6.20 Å².